The molecule has 0 fully saturated rings. The summed E-state index contributed by atoms with van der Waals surface area (Å²) in [7, 11) is 0. The molecule has 0 aromatic carbocycles. The molecule has 0 rings (SSSR count). The molecule has 0 aliphatic heterocycles. The highest BCUT2D eigenvalue weighted by Gasteiger charge is 2.19. The fourth-order valence-electron chi connectivity index (χ4n) is 6.06. The second-order valence-corrected chi connectivity index (χ2v) is 14.5. The molecule has 0 heterocycles. The summed E-state index contributed by atoms with van der Waals surface area (Å²) in [6.07, 6.45) is 33.8. The highest BCUT2D eigenvalue weighted by molar-refractivity contribution is 5.71. The lowest BCUT2D eigenvalue weighted by molar-refractivity contribution is -0.167. The molecule has 0 amide bonds. The molecule has 6 nitrogen and oxygen atoms in total. The number of ether oxygens (including phenoxy) is 3. The average molecular weight is 681 g/mol. The van der Waals surface area contributed by atoms with Crippen molar-refractivity contribution in [2.45, 2.75) is 233 Å². The van der Waals surface area contributed by atoms with E-state index in [0.29, 0.717) is 19.3 Å². The van der Waals surface area contributed by atoms with E-state index in [-0.39, 0.29) is 31.1 Å². The van der Waals surface area contributed by atoms with Crippen molar-refractivity contribution in [2.75, 3.05) is 13.2 Å². The molecule has 2 atom stereocenters. The summed E-state index contributed by atoms with van der Waals surface area (Å²) in [6.45, 7) is 8.94. The molecule has 0 aromatic rings. The summed E-state index contributed by atoms with van der Waals surface area (Å²) in [5, 5.41) is 0. The average Bonchev–Trinajstić information content (AvgIpc) is 3.08. The summed E-state index contributed by atoms with van der Waals surface area (Å²) in [6, 6.07) is 0. The third kappa shape index (κ3) is 34.3. The second kappa shape index (κ2) is 36.7. The van der Waals surface area contributed by atoms with Crippen LogP contribution in [0, 0.1) is 5.92 Å². The van der Waals surface area contributed by atoms with Crippen molar-refractivity contribution in [2.24, 2.45) is 5.92 Å². The number of esters is 3. The summed E-state index contributed by atoms with van der Waals surface area (Å²) in [5.74, 6) is 0.000913. The van der Waals surface area contributed by atoms with Crippen molar-refractivity contribution in [1.82, 2.24) is 0 Å². The van der Waals surface area contributed by atoms with E-state index < -0.39 is 6.10 Å². The minimum atomic E-state index is -0.756. The fourth-order valence-corrected chi connectivity index (χ4v) is 6.06. The van der Waals surface area contributed by atoms with Crippen LogP contribution in [0.25, 0.3) is 0 Å². The van der Waals surface area contributed by atoms with Crippen molar-refractivity contribution >= 4 is 17.9 Å². The predicted octanol–water partition coefficient (Wildman–Crippen LogP) is 12.8. The van der Waals surface area contributed by atoms with E-state index in [1.54, 1.807) is 0 Å². The minimum Gasteiger partial charge on any atom is -0.462 e. The van der Waals surface area contributed by atoms with Crippen LogP contribution in [0.3, 0.4) is 0 Å². The maximum Gasteiger partial charge on any atom is 0.306 e. The number of carbonyl (C=O) groups is 3. The van der Waals surface area contributed by atoms with Crippen LogP contribution < -0.4 is 0 Å². The Hall–Kier alpha value is -1.59. The van der Waals surface area contributed by atoms with Gasteiger partial charge in [0.15, 0.2) is 6.10 Å². The van der Waals surface area contributed by atoms with Crippen molar-refractivity contribution < 1.29 is 28.6 Å². The topological polar surface area (TPSA) is 78.9 Å². The van der Waals surface area contributed by atoms with Gasteiger partial charge in [-0.25, -0.2) is 0 Å². The van der Waals surface area contributed by atoms with Crippen LogP contribution in [0.1, 0.15) is 227 Å². The zero-order chi connectivity index (χ0) is 35.3. The molecule has 0 saturated carbocycles. The minimum absolute atomic E-state index is 0.0651. The lowest BCUT2D eigenvalue weighted by Crippen LogP contribution is -2.30. The third-order valence-electron chi connectivity index (χ3n) is 9.65. The lowest BCUT2D eigenvalue weighted by Gasteiger charge is -2.18. The van der Waals surface area contributed by atoms with Gasteiger partial charge in [0.1, 0.15) is 13.2 Å². The molecule has 284 valence electrons. The van der Waals surface area contributed by atoms with Crippen LogP contribution >= 0.6 is 0 Å². The first-order valence-electron chi connectivity index (χ1n) is 20.9. The molecule has 0 saturated heterocycles. The van der Waals surface area contributed by atoms with Gasteiger partial charge in [0.25, 0.3) is 0 Å². The molecule has 0 aliphatic rings. The number of carbonyl (C=O) groups excluding carboxylic acids is 3. The molecular formula is C42H80O6. The molecular weight excluding hydrogens is 600 g/mol. The van der Waals surface area contributed by atoms with E-state index in [0.717, 1.165) is 63.7 Å². The summed E-state index contributed by atoms with van der Waals surface area (Å²) in [5.41, 5.74) is 0. The zero-order valence-corrected chi connectivity index (χ0v) is 32.4. The van der Waals surface area contributed by atoms with Gasteiger partial charge in [-0.2, -0.15) is 0 Å². The van der Waals surface area contributed by atoms with Gasteiger partial charge < -0.3 is 14.2 Å². The van der Waals surface area contributed by atoms with Crippen LogP contribution in [0.2, 0.25) is 0 Å². The fraction of sp³-hybridized carbons (Fsp3) is 0.929. The number of rotatable bonds is 37. The Morgan fingerprint density at radius 1 is 0.417 bits per heavy atom. The van der Waals surface area contributed by atoms with Crippen molar-refractivity contribution in [3.05, 3.63) is 0 Å². The van der Waals surface area contributed by atoms with Gasteiger partial charge in [-0.3, -0.25) is 14.4 Å². The Kier molecular flexibility index (Phi) is 35.5. The normalized spacial score (nSPS) is 12.5. The summed E-state index contributed by atoms with van der Waals surface area (Å²) in [4.78, 5) is 37.4. The summed E-state index contributed by atoms with van der Waals surface area (Å²) < 4.78 is 16.6. The SMILES string of the molecule is CCCCCCCCCCCC(=O)O[C@H](COC(=O)CCCCCCCCC)COC(=O)CCCCCCCCCCCCC(C)CC. The largest absolute Gasteiger partial charge is 0.462 e. The van der Waals surface area contributed by atoms with E-state index >= 15 is 0 Å². The predicted molar refractivity (Wildman–Crippen MR) is 201 cm³/mol. The monoisotopic (exact) mass is 681 g/mol. The first-order valence-corrected chi connectivity index (χ1v) is 20.9. The van der Waals surface area contributed by atoms with Gasteiger partial charge in [0, 0.05) is 19.3 Å². The first-order chi connectivity index (χ1) is 23.4. The van der Waals surface area contributed by atoms with E-state index in [1.165, 1.54) is 122 Å². The highest BCUT2D eigenvalue weighted by atomic mass is 16.6. The van der Waals surface area contributed by atoms with E-state index in [9.17, 15) is 14.4 Å². The Balaban J connectivity index is 4.27. The number of hydrogen-bond donors (Lipinski definition) is 0. The van der Waals surface area contributed by atoms with Crippen molar-refractivity contribution in [1.29, 1.82) is 0 Å². The van der Waals surface area contributed by atoms with Gasteiger partial charge >= 0.3 is 17.9 Å². The van der Waals surface area contributed by atoms with Crippen LogP contribution in [0.15, 0.2) is 0 Å². The van der Waals surface area contributed by atoms with Crippen LogP contribution in [0.4, 0.5) is 0 Å². The van der Waals surface area contributed by atoms with E-state index in [4.69, 9.17) is 14.2 Å². The maximum absolute atomic E-state index is 12.6. The zero-order valence-electron chi connectivity index (χ0n) is 32.4. The highest BCUT2D eigenvalue weighted by Crippen LogP contribution is 2.16. The van der Waals surface area contributed by atoms with E-state index in [1.807, 2.05) is 0 Å². The second-order valence-electron chi connectivity index (χ2n) is 14.5. The number of hydrogen-bond acceptors (Lipinski definition) is 6. The Morgan fingerprint density at radius 3 is 1.08 bits per heavy atom. The Labute approximate surface area is 298 Å². The van der Waals surface area contributed by atoms with Gasteiger partial charge in [0.2, 0.25) is 0 Å². The van der Waals surface area contributed by atoms with Crippen LogP contribution in [-0.4, -0.2) is 37.2 Å². The van der Waals surface area contributed by atoms with Gasteiger partial charge in [-0.15, -0.1) is 0 Å². The summed E-state index contributed by atoms with van der Waals surface area (Å²) >= 11 is 0. The molecule has 0 spiro atoms. The quantitative estimate of drug-likeness (QED) is 0.0369. The first kappa shape index (κ1) is 46.4. The molecule has 0 aromatic heterocycles. The molecule has 0 aliphatic carbocycles. The van der Waals surface area contributed by atoms with Gasteiger partial charge in [0.05, 0.1) is 0 Å². The molecule has 0 N–H and O–H groups in total. The molecule has 0 bridgehead atoms. The Bertz CT molecular complexity index is 723. The molecule has 6 heteroatoms. The smallest absolute Gasteiger partial charge is 0.306 e. The Morgan fingerprint density at radius 2 is 0.729 bits per heavy atom. The molecule has 0 radical (unpaired) electrons. The van der Waals surface area contributed by atoms with Crippen LogP contribution in [0.5, 0.6) is 0 Å². The lowest BCUT2D eigenvalue weighted by atomic mass is 9.99. The van der Waals surface area contributed by atoms with Crippen molar-refractivity contribution in [3.63, 3.8) is 0 Å². The third-order valence-corrected chi connectivity index (χ3v) is 9.65. The van der Waals surface area contributed by atoms with Gasteiger partial charge in [-0.1, -0.05) is 188 Å². The molecule has 1 unspecified atom stereocenters. The van der Waals surface area contributed by atoms with Crippen LogP contribution in [-0.2, 0) is 28.6 Å². The van der Waals surface area contributed by atoms with Crippen molar-refractivity contribution in [3.8, 4) is 0 Å². The number of unbranched alkanes of at least 4 members (excludes halogenated alkanes) is 23. The van der Waals surface area contributed by atoms with E-state index in [2.05, 4.69) is 27.7 Å². The maximum atomic E-state index is 12.6. The standard InChI is InChI=1S/C42H80O6/c1-5-8-10-12-14-17-23-27-31-35-42(45)48-39(36-46-40(43)33-29-25-20-13-11-9-6-2)37-47-41(44)34-30-26-22-19-16-15-18-21-24-28-32-38(4)7-3/h38-39H,5-37H2,1-4H3/t38?,39-/m1/s1. The van der Waals surface area contributed by atoms with Gasteiger partial charge in [-0.05, 0) is 25.2 Å². The molecule has 48 heavy (non-hydrogen) atoms.